The van der Waals surface area contributed by atoms with E-state index in [-0.39, 0.29) is 11.3 Å². The molecule has 1 unspecified atom stereocenters. The zero-order valence-electron chi connectivity index (χ0n) is 21.3. The van der Waals surface area contributed by atoms with Crippen molar-refractivity contribution in [3.8, 4) is 16.9 Å². The number of carbonyl (C=O) groups excluding carboxylic acids is 2. The van der Waals surface area contributed by atoms with Crippen LogP contribution in [0.3, 0.4) is 0 Å². The molecule has 192 valence electrons. The lowest BCUT2D eigenvalue weighted by atomic mass is 9.96. The van der Waals surface area contributed by atoms with Crippen LogP contribution in [0.15, 0.2) is 71.5 Å². The average molecular weight is 528 g/mol. The second kappa shape index (κ2) is 10.1. The predicted octanol–water partition coefficient (Wildman–Crippen LogP) is 5.32. The van der Waals surface area contributed by atoms with Crippen LogP contribution in [0.1, 0.15) is 23.0 Å². The van der Waals surface area contributed by atoms with Crippen LogP contribution in [0.4, 0.5) is 5.13 Å². The Kier molecular flexibility index (Phi) is 6.69. The van der Waals surface area contributed by atoms with Crippen molar-refractivity contribution < 1.29 is 19.1 Å². The molecular weight excluding hydrogens is 502 g/mol. The number of hydrogen-bond acceptors (Lipinski definition) is 7. The number of amides is 1. The number of thiazole rings is 1. The molecule has 0 saturated carbocycles. The van der Waals surface area contributed by atoms with Crippen LogP contribution in [0.5, 0.6) is 5.75 Å². The van der Waals surface area contributed by atoms with Crippen molar-refractivity contribution in [2.24, 2.45) is 7.05 Å². The first-order valence-electron chi connectivity index (χ1n) is 11.9. The number of nitrogens with zero attached hydrogens (tertiary/aromatic N) is 2. The van der Waals surface area contributed by atoms with Gasteiger partial charge in [0.15, 0.2) is 11.2 Å². The molecule has 1 N–H and O–H groups in total. The number of methoxy groups -OCH3 is 1. The SMILES string of the molecule is COc1ccc2nc(NC(=O)C(C)OC(=O)c3c(-c4ccc(C)cc4)c4ccccc4c(=O)n3C)sc2c1. The number of nitrogens with one attached hydrogen (secondary N) is 1. The Morgan fingerprint density at radius 2 is 1.74 bits per heavy atom. The Morgan fingerprint density at radius 3 is 2.45 bits per heavy atom. The summed E-state index contributed by atoms with van der Waals surface area (Å²) in [5.74, 6) is -0.624. The van der Waals surface area contributed by atoms with E-state index in [1.54, 1.807) is 37.4 Å². The minimum atomic E-state index is -1.14. The monoisotopic (exact) mass is 527 g/mol. The summed E-state index contributed by atoms with van der Waals surface area (Å²) in [5, 5.41) is 4.21. The molecule has 0 spiro atoms. The molecule has 1 amide bonds. The number of carbonyl (C=O) groups is 2. The van der Waals surface area contributed by atoms with E-state index < -0.39 is 18.0 Å². The standard InChI is InChI=1S/C29H25N3O5S/c1-16-9-11-18(12-10-16)24-20-7-5-6-8-21(20)27(34)32(3)25(24)28(35)37-17(2)26(33)31-29-30-22-14-13-19(36-4)15-23(22)38-29/h5-15,17H,1-4H3,(H,30,31,33). The van der Waals surface area contributed by atoms with Gasteiger partial charge in [-0.2, -0.15) is 0 Å². The fraction of sp³-hybridized carbons (Fsp3) is 0.172. The maximum absolute atomic E-state index is 13.5. The van der Waals surface area contributed by atoms with Crippen LogP contribution in [0.2, 0.25) is 0 Å². The number of rotatable bonds is 6. The summed E-state index contributed by atoms with van der Waals surface area (Å²) in [6, 6.07) is 20.2. The van der Waals surface area contributed by atoms with Crippen molar-refractivity contribution in [2.75, 3.05) is 12.4 Å². The molecule has 0 bridgehead atoms. The second-order valence-corrected chi connectivity index (χ2v) is 9.92. The van der Waals surface area contributed by atoms with E-state index in [9.17, 15) is 14.4 Å². The van der Waals surface area contributed by atoms with Gasteiger partial charge in [-0.05, 0) is 49.1 Å². The van der Waals surface area contributed by atoms with E-state index in [0.717, 1.165) is 15.8 Å². The maximum Gasteiger partial charge on any atom is 0.356 e. The number of fused-ring (bicyclic) bond motifs is 2. The Labute approximate surface area is 222 Å². The van der Waals surface area contributed by atoms with E-state index in [2.05, 4.69) is 10.3 Å². The highest BCUT2D eigenvalue weighted by molar-refractivity contribution is 7.22. The Hall–Kier alpha value is -4.50. The maximum atomic E-state index is 13.5. The van der Waals surface area contributed by atoms with E-state index >= 15 is 0 Å². The number of pyridine rings is 1. The van der Waals surface area contributed by atoms with Crippen molar-refractivity contribution in [2.45, 2.75) is 20.0 Å². The van der Waals surface area contributed by atoms with Gasteiger partial charge in [0, 0.05) is 18.0 Å². The molecule has 5 rings (SSSR count). The highest BCUT2D eigenvalue weighted by atomic mass is 32.1. The van der Waals surface area contributed by atoms with Crippen molar-refractivity contribution in [3.63, 3.8) is 0 Å². The van der Waals surface area contributed by atoms with Gasteiger partial charge in [-0.15, -0.1) is 0 Å². The zero-order valence-corrected chi connectivity index (χ0v) is 22.1. The van der Waals surface area contributed by atoms with Gasteiger partial charge < -0.3 is 14.0 Å². The Morgan fingerprint density at radius 1 is 1.03 bits per heavy atom. The summed E-state index contributed by atoms with van der Waals surface area (Å²) in [6.45, 7) is 3.45. The second-order valence-electron chi connectivity index (χ2n) is 8.89. The molecule has 38 heavy (non-hydrogen) atoms. The molecule has 5 aromatic rings. The lowest BCUT2D eigenvalue weighted by molar-refractivity contribution is -0.123. The number of aryl methyl sites for hydroxylation is 1. The fourth-order valence-electron chi connectivity index (χ4n) is 4.28. The fourth-order valence-corrected chi connectivity index (χ4v) is 5.18. The summed E-state index contributed by atoms with van der Waals surface area (Å²) in [4.78, 5) is 44.0. The summed E-state index contributed by atoms with van der Waals surface area (Å²) >= 11 is 1.29. The number of ether oxygens (including phenoxy) is 2. The molecule has 0 radical (unpaired) electrons. The van der Waals surface area contributed by atoms with Crippen molar-refractivity contribution in [3.05, 3.63) is 88.3 Å². The molecule has 3 aromatic carbocycles. The van der Waals surface area contributed by atoms with Crippen LogP contribution in [-0.2, 0) is 16.6 Å². The van der Waals surface area contributed by atoms with Gasteiger partial charge >= 0.3 is 5.97 Å². The third kappa shape index (κ3) is 4.64. The van der Waals surface area contributed by atoms with E-state index in [4.69, 9.17) is 9.47 Å². The highest BCUT2D eigenvalue weighted by Gasteiger charge is 2.27. The molecule has 2 aromatic heterocycles. The first kappa shape index (κ1) is 25.2. The summed E-state index contributed by atoms with van der Waals surface area (Å²) in [6.07, 6.45) is -1.14. The van der Waals surface area contributed by atoms with Gasteiger partial charge in [-0.25, -0.2) is 9.78 Å². The average Bonchev–Trinajstić information content (AvgIpc) is 3.32. The third-order valence-corrected chi connectivity index (χ3v) is 7.25. The molecule has 2 heterocycles. The Balaban J connectivity index is 1.47. The molecule has 0 aliphatic heterocycles. The lowest BCUT2D eigenvalue weighted by Crippen LogP contribution is -2.32. The third-order valence-electron chi connectivity index (χ3n) is 6.32. The van der Waals surface area contributed by atoms with Crippen LogP contribution in [0.25, 0.3) is 32.1 Å². The topological polar surface area (TPSA) is 99.5 Å². The first-order chi connectivity index (χ1) is 18.3. The molecule has 0 saturated heterocycles. The van der Waals surface area contributed by atoms with Gasteiger partial charge in [0.25, 0.3) is 11.5 Å². The molecular formula is C29H25N3O5S. The van der Waals surface area contributed by atoms with Gasteiger partial charge in [0.2, 0.25) is 0 Å². The van der Waals surface area contributed by atoms with Crippen molar-refractivity contribution in [1.82, 2.24) is 9.55 Å². The number of hydrogen-bond donors (Lipinski definition) is 1. The van der Waals surface area contributed by atoms with Crippen molar-refractivity contribution >= 4 is 49.3 Å². The highest BCUT2D eigenvalue weighted by Crippen LogP contribution is 2.32. The number of anilines is 1. The number of aromatic nitrogens is 2. The van der Waals surface area contributed by atoms with Gasteiger partial charge in [0.05, 0.1) is 17.3 Å². The largest absolute Gasteiger partial charge is 0.497 e. The molecule has 0 aliphatic rings. The summed E-state index contributed by atoms with van der Waals surface area (Å²) in [7, 11) is 3.11. The van der Waals surface area contributed by atoms with Gasteiger partial charge in [0.1, 0.15) is 11.4 Å². The lowest BCUT2D eigenvalue weighted by Gasteiger charge is -2.19. The normalized spacial score (nSPS) is 11.9. The van der Waals surface area contributed by atoms with Crippen LogP contribution in [0, 0.1) is 6.92 Å². The van der Waals surface area contributed by atoms with Gasteiger partial charge in [-0.3, -0.25) is 14.9 Å². The van der Waals surface area contributed by atoms with E-state index in [1.807, 2.05) is 43.3 Å². The summed E-state index contributed by atoms with van der Waals surface area (Å²) < 4.78 is 13.0. The zero-order chi connectivity index (χ0) is 27.0. The van der Waals surface area contributed by atoms with E-state index in [0.29, 0.717) is 32.7 Å². The Bertz CT molecular complexity index is 1750. The molecule has 0 aliphatic carbocycles. The van der Waals surface area contributed by atoms with Crippen LogP contribution < -0.4 is 15.6 Å². The minimum absolute atomic E-state index is 0.0734. The molecule has 8 nitrogen and oxygen atoms in total. The molecule has 1 atom stereocenters. The number of benzene rings is 3. The molecule has 9 heteroatoms. The quantitative estimate of drug-likeness (QED) is 0.300. The molecule has 0 fully saturated rings. The van der Waals surface area contributed by atoms with Crippen molar-refractivity contribution in [1.29, 1.82) is 0 Å². The predicted molar refractivity (Wildman–Crippen MR) is 149 cm³/mol. The number of esters is 1. The minimum Gasteiger partial charge on any atom is -0.497 e. The van der Waals surface area contributed by atoms with Gasteiger partial charge in [-0.1, -0.05) is 59.4 Å². The van der Waals surface area contributed by atoms with E-state index in [1.165, 1.54) is 29.9 Å². The first-order valence-corrected chi connectivity index (χ1v) is 12.7. The van der Waals surface area contributed by atoms with Crippen LogP contribution >= 0.6 is 11.3 Å². The smallest absolute Gasteiger partial charge is 0.356 e. The van der Waals surface area contributed by atoms with Crippen LogP contribution in [-0.4, -0.2) is 34.6 Å². The summed E-state index contributed by atoms with van der Waals surface area (Å²) in [5.41, 5.74) is 2.85.